The number of likely N-dealkylation sites (tertiary alicyclic amines) is 1. The normalized spacial score (nSPS) is 28.6. The molecule has 0 radical (unpaired) electrons. The third-order valence-corrected chi connectivity index (χ3v) is 4.30. The van der Waals surface area contributed by atoms with Crippen LogP contribution >= 0.6 is 0 Å². The van der Waals surface area contributed by atoms with Gasteiger partial charge in [-0.3, -0.25) is 9.59 Å². The van der Waals surface area contributed by atoms with Crippen LogP contribution in [0.1, 0.15) is 29.6 Å². The van der Waals surface area contributed by atoms with E-state index in [2.05, 4.69) is 0 Å². The number of phenolic OH excluding ortho intramolecular Hbond substituents is 1. The fourth-order valence-electron chi connectivity index (χ4n) is 3.20. The number of piperidine rings is 1. The van der Waals surface area contributed by atoms with E-state index in [0.717, 1.165) is 12.8 Å². The number of nitrogens with two attached hydrogens (primary N) is 1. The molecule has 1 aliphatic carbocycles. The Morgan fingerprint density at radius 3 is 2.79 bits per heavy atom. The summed E-state index contributed by atoms with van der Waals surface area (Å²) in [4.78, 5) is 25.8. The molecule has 0 spiro atoms. The summed E-state index contributed by atoms with van der Waals surface area (Å²) in [5, 5.41) is 9.77. The van der Waals surface area contributed by atoms with Crippen molar-refractivity contribution < 1.29 is 14.7 Å². The first kappa shape index (κ1) is 12.0. The Kier molecular flexibility index (Phi) is 2.52. The zero-order valence-corrected chi connectivity index (χ0v) is 10.5. The zero-order chi connectivity index (χ0) is 13.6. The van der Waals surface area contributed by atoms with Crippen LogP contribution in [0, 0.1) is 5.92 Å². The number of benzene rings is 1. The summed E-state index contributed by atoms with van der Waals surface area (Å²) in [6, 6.07) is 6.39. The second-order valence-electron chi connectivity index (χ2n) is 5.31. The largest absolute Gasteiger partial charge is 0.507 e. The second-order valence-corrected chi connectivity index (χ2v) is 5.31. The maximum Gasteiger partial charge on any atom is 0.258 e. The predicted octanol–water partition coefficient (Wildman–Crippen LogP) is 0.872. The van der Waals surface area contributed by atoms with Gasteiger partial charge in [0.15, 0.2) is 0 Å². The summed E-state index contributed by atoms with van der Waals surface area (Å²) < 4.78 is 0. The molecular weight excluding hydrogens is 244 g/mol. The Morgan fingerprint density at radius 2 is 2.11 bits per heavy atom. The van der Waals surface area contributed by atoms with Gasteiger partial charge in [0.25, 0.3) is 5.91 Å². The van der Waals surface area contributed by atoms with Crippen molar-refractivity contribution in [2.75, 3.05) is 6.54 Å². The minimum Gasteiger partial charge on any atom is -0.507 e. The maximum atomic E-state index is 12.5. The monoisotopic (exact) mass is 260 g/mol. The van der Waals surface area contributed by atoms with Crippen LogP contribution in [0.25, 0.3) is 0 Å². The van der Waals surface area contributed by atoms with E-state index >= 15 is 0 Å². The molecule has 1 heterocycles. The number of aromatic hydroxyl groups is 1. The summed E-state index contributed by atoms with van der Waals surface area (Å²) in [6.45, 7) is 0.520. The smallest absolute Gasteiger partial charge is 0.258 e. The first-order valence-electron chi connectivity index (χ1n) is 6.47. The third kappa shape index (κ3) is 1.61. The molecule has 100 valence electrons. The van der Waals surface area contributed by atoms with Gasteiger partial charge in [0.2, 0.25) is 5.91 Å². The van der Waals surface area contributed by atoms with Crippen LogP contribution in [0.5, 0.6) is 5.75 Å². The standard InChI is InChI=1S/C14H16N2O3/c15-13(19)14-8-9(14)4-3-7-16(14)12(18)10-5-1-2-6-11(10)17/h1-2,5-6,9,17H,3-4,7-8H2,(H2,15,19)/t9-,14+/m1/s1. The highest BCUT2D eigenvalue weighted by Crippen LogP contribution is 2.54. The molecule has 19 heavy (non-hydrogen) atoms. The predicted molar refractivity (Wildman–Crippen MR) is 68.4 cm³/mol. The van der Waals surface area contributed by atoms with Crippen LogP contribution in [0.2, 0.25) is 0 Å². The maximum absolute atomic E-state index is 12.5. The Morgan fingerprint density at radius 1 is 1.37 bits per heavy atom. The molecule has 2 aliphatic rings. The molecule has 5 nitrogen and oxygen atoms in total. The van der Waals surface area contributed by atoms with E-state index in [4.69, 9.17) is 5.73 Å². The molecule has 3 N–H and O–H groups in total. The Labute approximate surface area is 111 Å². The first-order valence-corrected chi connectivity index (χ1v) is 6.47. The molecule has 5 heteroatoms. The molecule has 0 aromatic heterocycles. The van der Waals surface area contributed by atoms with E-state index < -0.39 is 11.4 Å². The SMILES string of the molecule is NC(=O)[C@]12C[C@H]1CCCN2C(=O)c1ccccc1O. The Bertz CT molecular complexity index is 557. The zero-order valence-electron chi connectivity index (χ0n) is 10.5. The van der Waals surface area contributed by atoms with Crippen LogP contribution < -0.4 is 5.73 Å². The molecule has 1 aromatic rings. The van der Waals surface area contributed by atoms with Gasteiger partial charge in [-0.2, -0.15) is 0 Å². The van der Waals surface area contributed by atoms with Gasteiger partial charge in [-0.15, -0.1) is 0 Å². The van der Waals surface area contributed by atoms with Gasteiger partial charge in [-0.25, -0.2) is 0 Å². The summed E-state index contributed by atoms with van der Waals surface area (Å²) in [5.74, 6) is -0.608. The van der Waals surface area contributed by atoms with Gasteiger partial charge in [-0.1, -0.05) is 12.1 Å². The Hall–Kier alpha value is -2.04. The third-order valence-electron chi connectivity index (χ3n) is 4.30. The molecule has 2 amide bonds. The van der Waals surface area contributed by atoms with Crippen LogP contribution in [-0.2, 0) is 4.79 Å². The van der Waals surface area contributed by atoms with Gasteiger partial charge < -0.3 is 15.7 Å². The molecule has 1 aliphatic heterocycles. The number of primary amides is 1. The number of para-hydroxylation sites is 1. The Balaban J connectivity index is 1.95. The van der Waals surface area contributed by atoms with Crippen LogP contribution in [0.4, 0.5) is 0 Å². The van der Waals surface area contributed by atoms with Crippen molar-refractivity contribution in [2.45, 2.75) is 24.8 Å². The fourth-order valence-corrected chi connectivity index (χ4v) is 3.20. The van der Waals surface area contributed by atoms with Gasteiger partial charge in [0, 0.05) is 6.54 Å². The van der Waals surface area contributed by atoms with Crippen LogP contribution in [-0.4, -0.2) is 33.9 Å². The number of carbonyl (C=O) groups excluding carboxylic acids is 2. The number of nitrogens with zero attached hydrogens (tertiary/aromatic N) is 1. The highest BCUT2D eigenvalue weighted by molar-refractivity contribution is 6.02. The average Bonchev–Trinajstić information content (AvgIpc) is 3.14. The topological polar surface area (TPSA) is 83.6 Å². The van der Waals surface area contributed by atoms with Crippen molar-refractivity contribution in [1.82, 2.24) is 4.90 Å². The first-order chi connectivity index (χ1) is 9.07. The number of rotatable bonds is 2. The lowest BCUT2D eigenvalue weighted by molar-refractivity contribution is -0.125. The quantitative estimate of drug-likeness (QED) is 0.827. The molecular formula is C14H16N2O3. The summed E-state index contributed by atoms with van der Waals surface area (Å²) in [6.07, 6.45) is 2.47. The highest BCUT2D eigenvalue weighted by atomic mass is 16.3. The minimum atomic E-state index is -0.808. The number of phenols is 1. The number of carbonyl (C=O) groups is 2. The van der Waals surface area contributed by atoms with Crippen molar-refractivity contribution in [2.24, 2.45) is 11.7 Å². The molecule has 3 rings (SSSR count). The number of fused-ring (bicyclic) bond motifs is 1. The second kappa shape index (κ2) is 3.98. The molecule has 2 atom stereocenters. The van der Waals surface area contributed by atoms with Crippen molar-refractivity contribution in [3.8, 4) is 5.75 Å². The molecule has 0 unspecified atom stereocenters. The molecule has 1 saturated carbocycles. The molecule has 1 aromatic carbocycles. The lowest BCUT2D eigenvalue weighted by atomic mass is 10.00. The molecule has 2 fully saturated rings. The van der Waals surface area contributed by atoms with E-state index in [1.54, 1.807) is 23.1 Å². The molecule has 0 bridgehead atoms. The number of hydrogen-bond donors (Lipinski definition) is 2. The van der Waals surface area contributed by atoms with Crippen LogP contribution in [0.3, 0.4) is 0 Å². The molecule has 1 saturated heterocycles. The van der Waals surface area contributed by atoms with Gasteiger partial charge in [0.1, 0.15) is 11.3 Å². The van der Waals surface area contributed by atoms with E-state index in [1.165, 1.54) is 6.07 Å². The average molecular weight is 260 g/mol. The van der Waals surface area contributed by atoms with Crippen molar-refractivity contribution in [3.63, 3.8) is 0 Å². The van der Waals surface area contributed by atoms with E-state index in [0.29, 0.717) is 13.0 Å². The van der Waals surface area contributed by atoms with Gasteiger partial charge >= 0.3 is 0 Å². The van der Waals surface area contributed by atoms with E-state index in [-0.39, 0.29) is 23.1 Å². The number of hydrogen-bond acceptors (Lipinski definition) is 3. The fraction of sp³-hybridized carbons (Fsp3) is 0.429. The van der Waals surface area contributed by atoms with Gasteiger partial charge in [0.05, 0.1) is 5.56 Å². The summed E-state index contributed by atoms with van der Waals surface area (Å²) in [7, 11) is 0. The lowest BCUT2D eigenvalue weighted by Gasteiger charge is -2.34. The van der Waals surface area contributed by atoms with Crippen molar-refractivity contribution >= 4 is 11.8 Å². The van der Waals surface area contributed by atoms with Crippen molar-refractivity contribution in [1.29, 1.82) is 0 Å². The van der Waals surface area contributed by atoms with Crippen LogP contribution in [0.15, 0.2) is 24.3 Å². The minimum absolute atomic E-state index is 0.0603. The summed E-state index contributed by atoms with van der Waals surface area (Å²) >= 11 is 0. The summed E-state index contributed by atoms with van der Waals surface area (Å²) in [5.41, 5.74) is 4.92. The van der Waals surface area contributed by atoms with E-state index in [9.17, 15) is 14.7 Å². The van der Waals surface area contributed by atoms with E-state index in [1.807, 2.05) is 0 Å². The van der Waals surface area contributed by atoms with Crippen molar-refractivity contribution in [3.05, 3.63) is 29.8 Å². The number of amides is 2. The van der Waals surface area contributed by atoms with Gasteiger partial charge in [-0.05, 0) is 37.3 Å². The highest BCUT2D eigenvalue weighted by Gasteiger charge is 2.65. The lowest BCUT2D eigenvalue weighted by Crippen LogP contribution is -2.53.